The Kier molecular flexibility index (Phi) is 34.7. The van der Waals surface area contributed by atoms with Crippen LogP contribution in [0, 0.1) is 69.2 Å². The van der Waals surface area contributed by atoms with Gasteiger partial charge in [0.25, 0.3) is 0 Å². The average molecular weight is 2020 g/mol. The monoisotopic (exact) mass is 2020 g/mol. The summed E-state index contributed by atoms with van der Waals surface area (Å²) in [4.78, 5) is 83.4. The third-order valence-electron chi connectivity index (χ3n) is 27.3. The van der Waals surface area contributed by atoms with Crippen molar-refractivity contribution in [1.29, 1.82) is 15.8 Å². The SMILES string of the molecule is CC(C)(C)[S@@](=O)NC(CCC1CC1)(c1cccc(C#N)c1)c1ccc(F)c(NC(=O)[C@H]2C[C@@H](O)CN2)c1.CC(C)(C)[S@@](=O)NC(CCC1CC1)(c1cccc(C#N)c1)c1ccc(F)c(NC(=O)[C@H]2C[C@@H](O)CN2C(=O)Nc2cccc3ccccc23)c1.Cl.N#Cc1cccc(C(N)(CCC2CC2)c2ccc(F)c(NC(=O)[C@H]3C[C@@H](O)CN3C(=O)Nc3cccc4ccccc34)c2)c1.O=C=Nc1cccc2ccccc12. The summed E-state index contributed by atoms with van der Waals surface area (Å²) < 4.78 is 78.6. The third-order valence-corrected chi connectivity index (χ3v) is 30.6. The van der Waals surface area contributed by atoms with E-state index in [0.717, 1.165) is 101 Å². The van der Waals surface area contributed by atoms with Crippen molar-refractivity contribution in [1.82, 2.24) is 24.6 Å². The summed E-state index contributed by atoms with van der Waals surface area (Å²) in [6.07, 6.45) is 10.4. The number of nitrogens with one attached hydrogen (secondary N) is 8. The van der Waals surface area contributed by atoms with Crippen molar-refractivity contribution in [2.24, 2.45) is 28.5 Å². The van der Waals surface area contributed by atoms with E-state index >= 15 is 8.78 Å². The van der Waals surface area contributed by atoms with E-state index in [9.17, 15) is 72.7 Å². The van der Waals surface area contributed by atoms with Gasteiger partial charge in [-0.2, -0.15) is 20.8 Å². The van der Waals surface area contributed by atoms with Gasteiger partial charge in [0, 0.05) is 48.6 Å². The number of likely N-dealkylation sites (tertiary alicyclic amines) is 2. The maximum absolute atomic E-state index is 15.6. The van der Waals surface area contributed by atoms with Crippen LogP contribution in [0.15, 0.2) is 260 Å². The highest BCUT2D eigenvalue weighted by atomic mass is 35.5. The van der Waals surface area contributed by atoms with Crippen molar-refractivity contribution in [3.05, 3.63) is 322 Å². The van der Waals surface area contributed by atoms with Crippen LogP contribution in [0.4, 0.5) is 56.9 Å². The van der Waals surface area contributed by atoms with Gasteiger partial charge < -0.3 is 62.8 Å². The number of amides is 7. The summed E-state index contributed by atoms with van der Waals surface area (Å²) in [6.45, 7) is 11.4. The van der Waals surface area contributed by atoms with Gasteiger partial charge in [-0.25, -0.2) is 45.4 Å². The van der Waals surface area contributed by atoms with Gasteiger partial charge >= 0.3 is 12.1 Å². The fraction of sp³-hybridized carbons (Fsp3) is 0.336. The van der Waals surface area contributed by atoms with E-state index in [0.29, 0.717) is 99.6 Å². The van der Waals surface area contributed by atoms with Gasteiger partial charge in [-0.05, 0) is 245 Å². The molecule has 0 spiro atoms. The van der Waals surface area contributed by atoms with Crippen LogP contribution in [-0.2, 0) is 57.8 Å². The largest absolute Gasteiger partial charge is 0.392 e. The number of aliphatic imine (C=N–C) groups is 1. The lowest BCUT2D eigenvalue weighted by Gasteiger charge is -2.38. The fourth-order valence-corrected chi connectivity index (χ4v) is 20.5. The zero-order chi connectivity index (χ0) is 102. The number of hydrogen-bond acceptors (Lipinski definition) is 17. The number of halogens is 4. The molecule has 6 aliphatic rings. The van der Waals surface area contributed by atoms with Gasteiger partial charge in [-0.1, -0.05) is 202 Å². The molecule has 26 nitrogen and oxygen atoms in total. The lowest BCUT2D eigenvalue weighted by molar-refractivity contribution is -0.120. The van der Waals surface area contributed by atoms with E-state index < -0.39 is 132 Å². The predicted octanol–water partition coefficient (Wildman–Crippen LogP) is 19.9. The Morgan fingerprint density at radius 1 is 0.421 bits per heavy atom. The molecule has 0 bridgehead atoms. The normalized spacial score (nSPS) is 19.0. The number of fused-ring (bicyclic) bond motifs is 3. The van der Waals surface area contributed by atoms with Crippen molar-refractivity contribution in [2.75, 3.05) is 46.2 Å². The van der Waals surface area contributed by atoms with Gasteiger partial charge in [0.15, 0.2) is 0 Å². The molecule has 11 atom stereocenters. The number of carbonyl (C=O) groups excluding carboxylic acids is 6. The summed E-state index contributed by atoms with van der Waals surface area (Å²) >= 11 is 0. The minimum Gasteiger partial charge on any atom is -0.392 e. The number of isocyanates is 1. The molecule has 145 heavy (non-hydrogen) atoms. The summed E-state index contributed by atoms with van der Waals surface area (Å²) in [7, 11) is -3.06. The van der Waals surface area contributed by atoms with Crippen molar-refractivity contribution >= 4 is 137 Å². The van der Waals surface area contributed by atoms with Gasteiger partial charge in [-0.3, -0.25) is 14.4 Å². The van der Waals surface area contributed by atoms with Gasteiger partial charge in [0.1, 0.15) is 29.5 Å². The molecule has 3 aliphatic heterocycles. The van der Waals surface area contributed by atoms with Crippen LogP contribution in [0.25, 0.3) is 32.3 Å². The zero-order valence-electron chi connectivity index (χ0n) is 81.4. The first-order chi connectivity index (χ1) is 69.0. The highest BCUT2D eigenvalue weighted by Gasteiger charge is 2.46. The number of nitriles is 3. The van der Waals surface area contributed by atoms with Crippen molar-refractivity contribution in [2.45, 2.75) is 200 Å². The Labute approximate surface area is 852 Å². The summed E-state index contributed by atoms with van der Waals surface area (Å²) in [6, 6.07) is 77.2. The van der Waals surface area contributed by atoms with Gasteiger partial charge in [-0.15, -0.1) is 12.4 Å². The number of hydrogen-bond donors (Lipinski definition) is 12. The third kappa shape index (κ3) is 26.4. The summed E-state index contributed by atoms with van der Waals surface area (Å²) in [5, 5.41) is 82.0. The number of benzene rings is 12. The number of aliphatic hydroxyl groups excluding tert-OH is 3. The number of nitrogens with zero attached hydrogens (tertiary/aromatic N) is 6. The Balaban J connectivity index is 0.000000162. The quantitative estimate of drug-likeness (QED) is 0.0160. The van der Waals surface area contributed by atoms with Crippen LogP contribution < -0.4 is 47.1 Å². The number of carbonyl (C=O) groups is 5. The standard InChI is InChI=1S/C39H42FN5O4S.C35H34FN5O3.C28H35FN4O3S.C11H7NO.ClH/c1-38(2,3)50(49)44-39(19-18-25-14-15-25,28-11-6-8-26(20-28)23-41)29-16-17-32(40)34(21-29)42-36(47)35-22-30(46)24-45(35)37(48)43-33-13-7-10-27-9-4-5-12-31(27)33;36-29-14-13-26(35(38,16-15-22-11-12-22)25-8-3-5-23(17-25)20-37)18-31(29)39-33(43)32-19-27(42)21-41(32)34(44)40-30-10-4-7-24-6-1-2-9-28(24)30;1-27(2,3)37(36)33-28(12-11-18-7-8-18,20-6-4-5-19(13-20)16-30)21-9-10-23(29)24(14-21)32-26(35)25-15-22(34)17-31-25;13-8-12-11-7-3-5-9-4-1-2-6-10(9)11;/h4-13,16-17,20-21,25,30,35,44,46H,14-15,18-19,22,24H2,1-3H3,(H,42,47)(H,43,48);1-10,13-14,17-18,22,27,32,42H,11-12,15-16,19,21,38H2,(H,39,43)(H,40,44);4-6,9-10,13-14,18,22,25,31,33-34H,7-8,11-12,15,17H2,1-3H3,(H,32,35);1-7H;1H/t30-,35-,39?,50-;27-,32-,35?;22-,25-,28?,37-;;/m111../s1. The molecule has 752 valence electrons. The molecule has 12 aromatic carbocycles. The zero-order valence-corrected chi connectivity index (χ0v) is 83.8. The molecule has 3 heterocycles. The minimum absolute atomic E-state index is 0. The van der Waals surface area contributed by atoms with Crippen molar-refractivity contribution < 1.29 is 65.7 Å². The number of urea groups is 2. The second-order valence-electron chi connectivity index (χ2n) is 39.9. The number of aliphatic hydroxyl groups is 3. The van der Waals surface area contributed by atoms with Gasteiger partial charge in [0.2, 0.25) is 23.8 Å². The Bertz CT molecular complexity index is 7020. The molecule has 3 saturated heterocycles. The Morgan fingerprint density at radius 2 is 0.766 bits per heavy atom. The van der Waals surface area contributed by atoms with Crippen molar-refractivity contribution in [3.8, 4) is 18.2 Å². The second kappa shape index (κ2) is 47.0. The molecule has 3 saturated carbocycles. The number of β-amino-alcohol motifs (C(OH)–C–C–N with tert-alkyl or cyclic N) is 3. The fourth-order valence-electron chi connectivity index (χ4n) is 18.6. The molecule has 32 heteroatoms. The molecule has 7 amide bonds. The van der Waals surface area contributed by atoms with Crippen LogP contribution in [0.5, 0.6) is 0 Å². The summed E-state index contributed by atoms with van der Waals surface area (Å²) in [5.74, 6) is -1.93. The van der Waals surface area contributed by atoms with Crippen LogP contribution >= 0.6 is 12.4 Å². The lowest BCUT2D eigenvalue weighted by Crippen LogP contribution is -2.49. The molecular weight excluding hydrogens is 1900 g/mol. The smallest absolute Gasteiger partial charge is 0.322 e. The lowest BCUT2D eigenvalue weighted by atomic mass is 9.79. The molecule has 0 aromatic heterocycles. The average Bonchev–Trinajstić information content (AvgIpc) is 1.34. The van der Waals surface area contributed by atoms with Crippen LogP contribution in [0.3, 0.4) is 0 Å². The maximum Gasteiger partial charge on any atom is 0.322 e. The first-order valence-electron chi connectivity index (χ1n) is 48.5. The van der Waals surface area contributed by atoms with Crippen molar-refractivity contribution in [3.63, 3.8) is 0 Å². The number of rotatable bonds is 28. The number of anilines is 5. The number of nitrogens with two attached hydrogens (primary N) is 1. The second-order valence-corrected chi connectivity index (χ2v) is 43.8. The van der Waals surface area contributed by atoms with Crippen LogP contribution in [-0.4, -0.2) is 135 Å². The molecule has 0 radical (unpaired) electrons. The molecule has 3 unspecified atom stereocenters. The van der Waals surface area contributed by atoms with E-state index in [2.05, 4.69) is 64.5 Å². The van der Waals surface area contributed by atoms with E-state index in [-0.39, 0.29) is 61.8 Å². The van der Waals surface area contributed by atoms with E-state index in [1.807, 2.05) is 169 Å². The van der Waals surface area contributed by atoms with E-state index in [4.69, 9.17) is 5.73 Å². The molecule has 3 aliphatic carbocycles. The highest BCUT2D eigenvalue weighted by Crippen LogP contribution is 2.47. The Morgan fingerprint density at radius 3 is 1.17 bits per heavy atom. The predicted molar refractivity (Wildman–Crippen MR) is 563 cm³/mol. The van der Waals surface area contributed by atoms with E-state index in [1.54, 1.807) is 103 Å². The molecule has 12 aromatic rings. The topological polar surface area (TPSA) is 410 Å². The maximum atomic E-state index is 15.6. The summed E-state index contributed by atoms with van der Waals surface area (Å²) in [5.41, 5.74) is 11.0. The van der Waals surface area contributed by atoms with Crippen LogP contribution in [0.2, 0.25) is 0 Å². The Hall–Kier alpha value is -13.7. The first-order valence-corrected chi connectivity index (χ1v) is 50.8. The molecule has 6 fully saturated rings. The van der Waals surface area contributed by atoms with E-state index in [1.165, 1.54) is 40.1 Å². The van der Waals surface area contributed by atoms with Crippen LogP contribution in [0.1, 0.15) is 188 Å². The molecular formula is C113H119ClF3N15O11S2. The highest BCUT2D eigenvalue weighted by molar-refractivity contribution is 7.84. The molecule has 18 rings (SSSR count). The minimum atomic E-state index is -1.57. The molecule has 13 N–H and O–H groups in total. The van der Waals surface area contributed by atoms with Gasteiger partial charge in [0.05, 0.1) is 141 Å². The first kappa shape index (κ1) is 107.